The molecule has 0 saturated heterocycles. The summed E-state index contributed by atoms with van der Waals surface area (Å²) >= 11 is -3.76. The van der Waals surface area contributed by atoms with E-state index in [0.717, 1.165) is 0 Å². The molecule has 3 nitrogen and oxygen atoms in total. The summed E-state index contributed by atoms with van der Waals surface area (Å²) in [7, 11) is 0. The van der Waals surface area contributed by atoms with E-state index >= 15 is 0 Å². The Hall–Kier alpha value is 0.170. The summed E-state index contributed by atoms with van der Waals surface area (Å²) in [5.41, 5.74) is 0. The minimum Gasteiger partial charge on any atom is -0.396 e. The van der Waals surface area contributed by atoms with Gasteiger partial charge in [-0.2, -0.15) is 0 Å². The van der Waals surface area contributed by atoms with Crippen molar-refractivity contribution in [1.29, 1.82) is 0 Å². The number of halogens is 1. The fourth-order valence-electron chi connectivity index (χ4n) is 0. The topological polar surface area (TPSA) is 66.3 Å². The summed E-state index contributed by atoms with van der Waals surface area (Å²) in [4.78, 5) is 0. The van der Waals surface area contributed by atoms with Gasteiger partial charge in [0.1, 0.15) is 0 Å². The van der Waals surface area contributed by atoms with Crippen LogP contribution in [0.15, 0.2) is 0 Å². The van der Waals surface area contributed by atoms with Crippen molar-refractivity contribution in [2.45, 2.75) is 6.92 Å². The Morgan fingerprint density at radius 3 is 1.71 bits per heavy atom. The van der Waals surface area contributed by atoms with Crippen LogP contribution in [0.25, 0.3) is 0 Å². The summed E-state index contributed by atoms with van der Waals surface area (Å²) in [6, 6.07) is 0. The molecule has 0 aliphatic rings. The number of terminal acetylenes is 1. The second kappa shape index (κ2) is 9.48. The molecule has 0 saturated carbocycles. The number of hydrogen-bond donors (Lipinski definition) is 1. The van der Waals surface area contributed by atoms with Crippen LogP contribution >= 0.6 is 0 Å². The van der Waals surface area contributed by atoms with Crippen LogP contribution in [-0.4, -0.2) is 3.44 Å². The van der Waals surface area contributed by atoms with E-state index in [2.05, 4.69) is 12.3 Å². The molecule has 0 unspecified atom stereocenters. The summed E-state index contributed by atoms with van der Waals surface area (Å²) in [6.07, 6.45) is 4.60. The SMILES string of the molecule is C#CC.[O-][I+2]([O-])O. The van der Waals surface area contributed by atoms with E-state index < -0.39 is 21.1 Å². The molecule has 0 radical (unpaired) electrons. The van der Waals surface area contributed by atoms with Crippen LogP contribution in [0.5, 0.6) is 0 Å². The van der Waals surface area contributed by atoms with Crippen LogP contribution in [0.2, 0.25) is 0 Å². The highest BCUT2D eigenvalue weighted by Crippen LogP contribution is 1.21. The van der Waals surface area contributed by atoms with Crippen molar-refractivity contribution in [3.05, 3.63) is 0 Å². The normalized spacial score (nSPS) is 6.29. The first-order valence-corrected chi connectivity index (χ1v) is 3.99. The molecule has 0 aromatic rings. The minimum atomic E-state index is -3.76. The Balaban J connectivity index is 0. The van der Waals surface area contributed by atoms with Gasteiger partial charge in [0.15, 0.2) is 0 Å². The first kappa shape index (κ1) is 10.2. The van der Waals surface area contributed by atoms with E-state index in [4.69, 9.17) is 10.3 Å². The smallest absolute Gasteiger partial charge is 0.396 e. The molecule has 0 spiro atoms. The monoisotopic (exact) mass is 216 g/mol. The largest absolute Gasteiger partial charge is 0.503 e. The molecule has 0 aromatic heterocycles. The van der Waals surface area contributed by atoms with Gasteiger partial charge in [-0.05, 0) is 10.4 Å². The Morgan fingerprint density at radius 1 is 1.71 bits per heavy atom. The quantitative estimate of drug-likeness (QED) is 0.325. The van der Waals surface area contributed by atoms with Crippen molar-refractivity contribution in [3.8, 4) is 12.3 Å². The first-order chi connectivity index (χ1) is 3.15. The molecule has 0 rings (SSSR count). The molecule has 0 aliphatic heterocycles. The Morgan fingerprint density at radius 2 is 1.71 bits per heavy atom. The van der Waals surface area contributed by atoms with Crippen molar-refractivity contribution in [1.82, 2.24) is 0 Å². The van der Waals surface area contributed by atoms with Gasteiger partial charge in [0.2, 0.25) is 0 Å². The highest BCUT2D eigenvalue weighted by molar-refractivity contribution is 4.73. The molecule has 0 aromatic carbocycles. The Labute approximate surface area is 51.0 Å². The highest BCUT2D eigenvalue weighted by atomic mass is 127. The third-order valence-corrected chi connectivity index (χ3v) is 0. The summed E-state index contributed by atoms with van der Waals surface area (Å²) < 4.78 is 24.5. The van der Waals surface area contributed by atoms with E-state index in [-0.39, 0.29) is 0 Å². The number of hydrogen-bond acceptors (Lipinski definition) is 3. The molecule has 7 heavy (non-hydrogen) atoms. The Bertz CT molecular complexity index is 52.9. The zero-order chi connectivity index (χ0) is 6.28. The lowest BCUT2D eigenvalue weighted by atomic mass is 10.9. The van der Waals surface area contributed by atoms with Crippen LogP contribution in [0, 0.1) is 12.3 Å². The van der Waals surface area contributed by atoms with Crippen LogP contribution < -0.4 is 27.9 Å². The van der Waals surface area contributed by atoms with Gasteiger partial charge in [0, 0.05) is 0 Å². The average Bonchev–Trinajstić information content (AvgIpc) is 1.33. The minimum absolute atomic E-state index is 1.65. The van der Waals surface area contributed by atoms with Gasteiger partial charge in [-0.25, -0.2) is 0 Å². The summed E-state index contributed by atoms with van der Waals surface area (Å²) in [6.45, 7) is 1.65. The molecule has 0 heterocycles. The van der Waals surface area contributed by atoms with E-state index in [0.29, 0.717) is 0 Å². The standard InChI is InChI=1S/C3H4.HIO3/c1-3-2;2-1(3)4/h1H,2H3;2H. The van der Waals surface area contributed by atoms with Gasteiger partial charge >= 0.3 is 21.1 Å². The molecule has 0 amide bonds. The second-order valence-corrected chi connectivity index (χ2v) is 1.64. The van der Waals surface area contributed by atoms with Crippen molar-refractivity contribution in [2.75, 3.05) is 0 Å². The van der Waals surface area contributed by atoms with Crippen molar-refractivity contribution in [3.63, 3.8) is 0 Å². The van der Waals surface area contributed by atoms with E-state index in [1.54, 1.807) is 6.92 Å². The van der Waals surface area contributed by atoms with Crippen molar-refractivity contribution in [2.24, 2.45) is 0 Å². The van der Waals surface area contributed by atoms with E-state index in [1.807, 2.05) is 0 Å². The maximum Gasteiger partial charge on any atom is 0.503 e. The molecule has 0 atom stereocenters. The lowest BCUT2D eigenvalue weighted by Gasteiger charge is -1.67. The van der Waals surface area contributed by atoms with Gasteiger partial charge in [0.05, 0.1) is 0 Å². The van der Waals surface area contributed by atoms with Crippen molar-refractivity contribution >= 4 is 0 Å². The predicted molar refractivity (Wildman–Crippen MR) is 16.7 cm³/mol. The van der Waals surface area contributed by atoms with Crippen LogP contribution in [0.1, 0.15) is 6.92 Å². The maximum absolute atomic E-state index is 8.68. The van der Waals surface area contributed by atoms with Gasteiger partial charge in [-0.15, -0.1) is 12.3 Å². The Kier molecular flexibility index (Phi) is 13.8. The van der Waals surface area contributed by atoms with Crippen LogP contribution in [0.4, 0.5) is 0 Å². The lowest BCUT2D eigenvalue weighted by molar-refractivity contribution is -1.63. The van der Waals surface area contributed by atoms with E-state index in [1.165, 1.54) is 0 Å². The molecule has 0 fully saturated rings. The van der Waals surface area contributed by atoms with Gasteiger partial charge < -0.3 is 6.87 Å². The molecule has 42 valence electrons. The van der Waals surface area contributed by atoms with Gasteiger partial charge in [-0.1, -0.05) is 0 Å². The predicted octanol–water partition coefficient (Wildman–Crippen LogP) is -5.29. The summed E-state index contributed by atoms with van der Waals surface area (Å²) in [5.74, 6) is 2.25. The third-order valence-electron chi connectivity index (χ3n) is 0. The molecular weight excluding hydrogens is 211 g/mol. The van der Waals surface area contributed by atoms with Gasteiger partial charge in [0.25, 0.3) is 0 Å². The van der Waals surface area contributed by atoms with Crippen LogP contribution in [0.3, 0.4) is 0 Å². The lowest BCUT2D eigenvalue weighted by Crippen LogP contribution is -3.98. The first-order valence-electron chi connectivity index (χ1n) is 1.27. The average molecular weight is 216 g/mol. The third kappa shape index (κ3) is 3710. The highest BCUT2D eigenvalue weighted by Gasteiger charge is 1.89. The van der Waals surface area contributed by atoms with Crippen molar-refractivity contribution < 1.29 is 31.4 Å². The zero-order valence-electron chi connectivity index (χ0n) is 3.72. The molecule has 0 aliphatic carbocycles. The fourth-order valence-corrected chi connectivity index (χ4v) is 0. The van der Waals surface area contributed by atoms with E-state index in [9.17, 15) is 0 Å². The fraction of sp³-hybridized carbons (Fsp3) is 0.333. The van der Waals surface area contributed by atoms with Crippen LogP contribution in [-0.2, 0) is 0 Å². The second-order valence-electron chi connectivity index (χ2n) is 0.490. The maximum atomic E-state index is 8.68. The molecular formula is C3H5IO3. The molecule has 4 heteroatoms. The van der Waals surface area contributed by atoms with Gasteiger partial charge in [-0.3, -0.25) is 0 Å². The molecule has 0 bridgehead atoms. The number of rotatable bonds is 0. The zero-order valence-corrected chi connectivity index (χ0v) is 5.88. The molecule has 1 N–H and O–H groups in total. The summed E-state index contributed by atoms with van der Waals surface area (Å²) in [5, 5.41) is 0.